The van der Waals surface area contributed by atoms with Crippen LogP contribution in [0.25, 0.3) is 0 Å². The van der Waals surface area contributed by atoms with E-state index in [1.165, 1.54) is 23.1 Å². The molecular formula is C22H26Cl3N3O4S. The van der Waals surface area contributed by atoms with Gasteiger partial charge in [-0.15, -0.1) is 0 Å². The molecule has 0 spiro atoms. The normalized spacial score (nSPS) is 12.2. The first-order valence-corrected chi connectivity index (χ1v) is 13.2. The van der Waals surface area contributed by atoms with E-state index in [-0.39, 0.29) is 28.2 Å². The average Bonchev–Trinajstić information content (AvgIpc) is 2.74. The maximum Gasteiger partial charge on any atom is 0.244 e. The minimum atomic E-state index is -3.91. The van der Waals surface area contributed by atoms with Gasteiger partial charge in [0.1, 0.15) is 12.6 Å². The molecule has 0 saturated carbocycles. The molecule has 33 heavy (non-hydrogen) atoms. The number of likely N-dealkylation sites (N-methyl/N-ethyl adjacent to an activating group) is 1. The molecule has 1 N–H and O–H groups in total. The Morgan fingerprint density at radius 3 is 2.21 bits per heavy atom. The van der Waals surface area contributed by atoms with Gasteiger partial charge in [-0.2, -0.15) is 0 Å². The summed E-state index contributed by atoms with van der Waals surface area (Å²) in [6.07, 6.45) is 1.29. The van der Waals surface area contributed by atoms with Crippen molar-refractivity contribution in [3.8, 4) is 0 Å². The number of benzene rings is 2. The molecule has 2 aromatic rings. The zero-order valence-electron chi connectivity index (χ0n) is 18.5. The molecule has 0 aromatic heterocycles. The van der Waals surface area contributed by atoms with Crippen molar-refractivity contribution in [3.05, 3.63) is 63.1 Å². The van der Waals surface area contributed by atoms with Gasteiger partial charge in [0, 0.05) is 18.1 Å². The molecule has 180 valence electrons. The molecule has 0 radical (unpaired) electrons. The molecule has 0 bridgehead atoms. The lowest BCUT2D eigenvalue weighted by atomic mass is 10.1. The van der Waals surface area contributed by atoms with Gasteiger partial charge in [-0.3, -0.25) is 13.9 Å². The maximum absolute atomic E-state index is 13.5. The Kier molecular flexibility index (Phi) is 9.84. The first-order chi connectivity index (χ1) is 15.5. The van der Waals surface area contributed by atoms with Crippen LogP contribution >= 0.6 is 34.8 Å². The van der Waals surface area contributed by atoms with Crippen molar-refractivity contribution >= 4 is 62.3 Å². The molecule has 0 fully saturated rings. The zero-order chi connectivity index (χ0) is 24.8. The van der Waals surface area contributed by atoms with E-state index in [0.717, 1.165) is 10.6 Å². The van der Waals surface area contributed by atoms with Crippen LogP contribution in [-0.4, -0.2) is 50.5 Å². The van der Waals surface area contributed by atoms with Crippen LogP contribution in [0.3, 0.4) is 0 Å². The molecule has 0 aliphatic heterocycles. The predicted molar refractivity (Wildman–Crippen MR) is 133 cm³/mol. The number of nitrogens with zero attached hydrogens (tertiary/aromatic N) is 2. The van der Waals surface area contributed by atoms with Crippen LogP contribution in [0, 0.1) is 0 Å². The average molecular weight is 535 g/mol. The minimum absolute atomic E-state index is 0.00538. The van der Waals surface area contributed by atoms with Crippen LogP contribution in [0.5, 0.6) is 0 Å². The fourth-order valence-electron chi connectivity index (χ4n) is 3.30. The summed E-state index contributed by atoms with van der Waals surface area (Å²) in [5, 5.41) is 3.31. The first-order valence-electron chi connectivity index (χ1n) is 10.2. The molecule has 2 amide bonds. The summed E-state index contributed by atoms with van der Waals surface area (Å²) in [5.74, 6) is -0.929. The summed E-state index contributed by atoms with van der Waals surface area (Å²) in [7, 11) is -3.91. The lowest BCUT2D eigenvalue weighted by Crippen LogP contribution is -2.52. The lowest BCUT2D eigenvalue weighted by Gasteiger charge is -2.33. The highest BCUT2D eigenvalue weighted by Crippen LogP contribution is 2.34. The first kappa shape index (κ1) is 27.2. The van der Waals surface area contributed by atoms with Gasteiger partial charge in [0.2, 0.25) is 21.8 Å². The van der Waals surface area contributed by atoms with Crippen LogP contribution in [0.4, 0.5) is 5.69 Å². The Balaban J connectivity index is 2.49. The largest absolute Gasteiger partial charge is 0.355 e. The number of hydrogen-bond acceptors (Lipinski definition) is 4. The third-order valence-corrected chi connectivity index (χ3v) is 7.22. The van der Waals surface area contributed by atoms with Gasteiger partial charge in [-0.25, -0.2) is 8.42 Å². The number of halogens is 3. The second kappa shape index (κ2) is 11.9. The van der Waals surface area contributed by atoms with Crippen molar-refractivity contribution < 1.29 is 18.0 Å². The van der Waals surface area contributed by atoms with E-state index in [2.05, 4.69) is 5.32 Å². The Bertz CT molecular complexity index is 1110. The summed E-state index contributed by atoms with van der Waals surface area (Å²) < 4.78 is 26.1. The molecule has 7 nitrogen and oxygen atoms in total. The van der Waals surface area contributed by atoms with Crippen LogP contribution in [0.2, 0.25) is 15.1 Å². The fourth-order valence-corrected chi connectivity index (χ4v) is 4.80. The number of nitrogens with one attached hydrogen (secondary N) is 1. The standard InChI is InChI=1S/C22H26Cl3N3O4S/c1-4-18(22(30)26-5-2)27(13-15-9-6-7-10-16(15)23)20(29)14-28(33(3,31)32)19-12-8-11-17(24)21(19)25/h6-12,18H,4-5,13-14H2,1-3H3,(H,26,30)/t18-/m0/s1. The van der Waals surface area contributed by atoms with E-state index < -0.39 is 28.5 Å². The molecule has 1 atom stereocenters. The summed E-state index contributed by atoms with van der Waals surface area (Å²) >= 11 is 18.6. The van der Waals surface area contributed by atoms with Gasteiger partial charge in [-0.05, 0) is 37.1 Å². The van der Waals surface area contributed by atoms with Gasteiger partial charge in [-0.1, -0.05) is 66.0 Å². The van der Waals surface area contributed by atoms with E-state index in [0.29, 0.717) is 23.6 Å². The molecule has 2 aromatic carbocycles. The Morgan fingerprint density at radius 2 is 1.64 bits per heavy atom. The third-order valence-electron chi connectivity index (χ3n) is 4.91. The lowest BCUT2D eigenvalue weighted by molar-refractivity contribution is -0.140. The second-order valence-corrected chi connectivity index (χ2v) is 10.4. The van der Waals surface area contributed by atoms with Crippen LogP contribution in [0.15, 0.2) is 42.5 Å². The van der Waals surface area contributed by atoms with Crippen molar-refractivity contribution in [1.82, 2.24) is 10.2 Å². The molecule has 0 heterocycles. The topological polar surface area (TPSA) is 86.8 Å². The van der Waals surface area contributed by atoms with Crippen LogP contribution in [0.1, 0.15) is 25.8 Å². The highest BCUT2D eigenvalue weighted by molar-refractivity contribution is 7.92. The minimum Gasteiger partial charge on any atom is -0.355 e. The number of sulfonamides is 1. The maximum atomic E-state index is 13.5. The Morgan fingerprint density at radius 1 is 1.00 bits per heavy atom. The predicted octanol–water partition coefficient (Wildman–Crippen LogP) is 4.36. The smallest absolute Gasteiger partial charge is 0.244 e. The van der Waals surface area contributed by atoms with Gasteiger partial charge >= 0.3 is 0 Å². The summed E-state index contributed by atoms with van der Waals surface area (Å²) in [6.45, 7) is 3.39. The van der Waals surface area contributed by atoms with E-state index in [9.17, 15) is 18.0 Å². The number of rotatable bonds is 10. The molecule has 0 aliphatic rings. The van der Waals surface area contributed by atoms with Crippen molar-refractivity contribution in [2.45, 2.75) is 32.9 Å². The number of anilines is 1. The van der Waals surface area contributed by atoms with Crippen molar-refractivity contribution in [2.75, 3.05) is 23.7 Å². The van der Waals surface area contributed by atoms with E-state index in [4.69, 9.17) is 34.8 Å². The number of amides is 2. The summed E-state index contributed by atoms with van der Waals surface area (Å²) in [4.78, 5) is 27.6. The zero-order valence-corrected chi connectivity index (χ0v) is 21.6. The van der Waals surface area contributed by atoms with Crippen molar-refractivity contribution in [1.29, 1.82) is 0 Å². The van der Waals surface area contributed by atoms with Gasteiger partial charge in [0.25, 0.3) is 0 Å². The molecule has 0 aliphatic carbocycles. The third kappa shape index (κ3) is 6.99. The highest BCUT2D eigenvalue weighted by Gasteiger charge is 2.32. The number of hydrogen-bond donors (Lipinski definition) is 1. The Labute approximate surface area is 209 Å². The van der Waals surface area contributed by atoms with Gasteiger partial charge in [0.05, 0.1) is 22.0 Å². The monoisotopic (exact) mass is 533 g/mol. The Hall–Kier alpha value is -2.00. The van der Waals surface area contributed by atoms with E-state index >= 15 is 0 Å². The van der Waals surface area contributed by atoms with Crippen LogP contribution < -0.4 is 9.62 Å². The number of carbonyl (C=O) groups is 2. The molecular weight excluding hydrogens is 509 g/mol. The molecule has 11 heteroatoms. The second-order valence-electron chi connectivity index (χ2n) is 7.27. The highest BCUT2D eigenvalue weighted by atomic mass is 35.5. The SMILES string of the molecule is CCNC(=O)[C@H](CC)N(Cc1ccccc1Cl)C(=O)CN(c1cccc(Cl)c1Cl)S(C)(=O)=O. The van der Waals surface area contributed by atoms with Crippen molar-refractivity contribution in [3.63, 3.8) is 0 Å². The quantitative estimate of drug-likeness (QED) is 0.491. The number of carbonyl (C=O) groups excluding carboxylic acids is 2. The summed E-state index contributed by atoms with van der Waals surface area (Å²) in [6, 6.07) is 10.6. The molecule has 0 unspecified atom stereocenters. The fraction of sp³-hybridized carbons (Fsp3) is 0.364. The van der Waals surface area contributed by atoms with E-state index in [1.807, 2.05) is 0 Å². The van der Waals surface area contributed by atoms with Gasteiger partial charge in [0.15, 0.2) is 0 Å². The van der Waals surface area contributed by atoms with Crippen molar-refractivity contribution in [2.24, 2.45) is 0 Å². The molecule has 2 rings (SSSR count). The summed E-state index contributed by atoms with van der Waals surface area (Å²) in [5.41, 5.74) is 0.700. The molecule has 0 saturated heterocycles. The van der Waals surface area contributed by atoms with E-state index in [1.54, 1.807) is 38.1 Å². The van der Waals surface area contributed by atoms with Crippen LogP contribution in [-0.2, 0) is 26.2 Å². The van der Waals surface area contributed by atoms with Gasteiger partial charge < -0.3 is 10.2 Å².